The molecule has 0 saturated heterocycles. The summed E-state index contributed by atoms with van der Waals surface area (Å²) >= 11 is 0. The van der Waals surface area contributed by atoms with Crippen molar-refractivity contribution in [1.82, 2.24) is 0 Å². The Kier molecular flexibility index (Phi) is 26.1. The van der Waals surface area contributed by atoms with Gasteiger partial charge in [-0.05, 0) is 47.2 Å². The zero-order valence-electron chi connectivity index (χ0n) is 34.2. The minimum Gasteiger partial charge on any atom is -0.726 e. The fraction of sp³-hybridized carbons (Fsp3) is 0.553. The van der Waals surface area contributed by atoms with E-state index in [9.17, 15) is 13.0 Å². The van der Waals surface area contributed by atoms with Crippen molar-refractivity contribution in [2.24, 2.45) is 7.05 Å². The Morgan fingerprint density at radius 3 is 1.11 bits per heavy atom. The van der Waals surface area contributed by atoms with E-state index in [2.05, 4.69) is 125 Å². The van der Waals surface area contributed by atoms with E-state index >= 15 is 0 Å². The van der Waals surface area contributed by atoms with E-state index < -0.39 is 10.4 Å². The number of nitrogens with zero attached hydrogens (tertiary/aromatic N) is 2. The van der Waals surface area contributed by atoms with Crippen molar-refractivity contribution >= 4 is 40.4 Å². The van der Waals surface area contributed by atoms with Crippen LogP contribution >= 0.6 is 0 Å². The van der Waals surface area contributed by atoms with Crippen LogP contribution in [0.1, 0.15) is 165 Å². The van der Waals surface area contributed by atoms with Crippen molar-refractivity contribution in [3.8, 4) is 0 Å². The molecule has 0 amide bonds. The smallest absolute Gasteiger partial charge is 0.217 e. The molecule has 3 aromatic rings. The summed E-state index contributed by atoms with van der Waals surface area (Å²) in [4.78, 5) is 2.67. The van der Waals surface area contributed by atoms with Crippen LogP contribution in [0, 0.1) is 0 Å². The molecule has 0 saturated carbocycles. The van der Waals surface area contributed by atoms with Crippen molar-refractivity contribution in [2.75, 3.05) is 25.1 Å². The summed E-state index contributed by atoms with van der Waals surface area (Å²) in [6, 6.07) is 22.4. The molecule has 0 unspecified atom stereocenters. The van der Waals surface area contributed by atoms with E-state index in [0.717, 1.165) is 7.11 Å². The Morgan fingerprint density at radius 1 is 0.519 bits per heavy atom. The van der Waals surface area contributed by atoms with Crippen LogP contribution in [0.25, 0.3) is 24.3 Å². The molecule has 2 aromatic carbocycles. The number of hydrogen-bond donors (Lipinski definition) is 0. The van der Waals surface area contributed by atoms with Gasteiger partial charge in [-0.15, -0.1) is 0 Å². The van der Waals surface area contributed by atoms with Gasteiger partial charge >= 0.3 is 0 Å². The van der Waals surface area contributed by atoms with Gasteiger partial charge in [0, 0.05) is 30.9 Å². The van der Waals surface area contributed by atoms with E-state index in [0.29, 0.717) is 0 Å². The van der Waals surface area contributed by atoms with Crippen LogP contribution in [0.3, 0.4) is 0 Å². The van der Waals surface area contributed by atoms with Gasteiger partial charge in [-0.3, -0.25) is 4.18 Å². The fourth-order valence-corrected chi connectivity index (χ4v) is 6.47. The van der Waals surface area contributed by atoms with Gasteiger partial charge in [0.2, 0.25) is 10.4 Å². The maximum atomic E-state index is 9.22. The molecule has 0 N–H and O–H groups in total. The zero-order chi connectivity index (χ0) is 39.1. The molecule has 7 heteroatoms. The van der Waals surface area contributed by atoms with Crippen LogP contribution in [0.5, 0.6) is 0 Å². The molecular weight excluding hydrogens is 689 g/mol. The highest BCUT2D eigenvalue weighted by molar-refractivity contribution is 7.80. The first kappa shape index (κ1) is 46.9. The standard InChI is InChI=1S/C46H69N2.CH4O4S/c1-4-6-8-10-12-14-16-18-20-22-38-48(39-23-21-19-17-15-13-11-9-7-5-2)46-34-32-44(33-35-46)29-28-42-24-26-43(27-25-42)30-31-45-36-40-47(3)41-37-45;1-5-6(2,3)4/h24-37,40-41H,4-23,38-39H2,1-3H3;1H3,(H,2,3,4)/q+1;/p-1. The molecule has 0 fully saturated rings. The summed E-state index contributed by atoms with van der Waals surface area (Å²) in [5.41, 5.74) is 6.31. The third-order valence-electron chi connectivity index (χ3n) is 9.90. The van der Waals surface area contributed by atoms with Crippen LogP contribution in [0.15, 0.2) is 73.1 Å². The molecule has 3 rings (SSSR count). The number of aryl methyl sites for hydroxylation is 1. The molecule has 54 heavy (non-hydrogen) atoms. The van der Waals surface area contributed by atoms with Crippen molar-refractivity contribution < 1.29 is 21.7 Å². The number of aromatic nitrogens is 1. The monoisotopic (exact) mass is 761 g/mol. The highest BCUT2D eigenvalue weighted by Gasteiger charge is 2.07. The maximum Gasteiger partial charge on any atom is 0.217 e. The van der Waals surface area contributed by atoms with Crippen LogP contribution in [-0.2, 0) is 21.6 Å². The lowest BCUT2D eigenvalue weighted by atomic mass is 10.1. The second kappa shape index (κ2) is 30.0. The van der Waals surface area contributed by atoms with Crippen molar-refractivity contribution in [3.63, 3.8) is 0 Å². The number of unbranched alkanes of at least 4 members (excludes halogenated alkanes) is 18. The van der Waals surface area contributed by atoms with Crippen molar-refractivity contribution in [3.05, 3.63) is 95.3 Å². The maximum absolute atomic E-state index is 9.22. The largest absolute Gasteiger partial charge is 0.726 e. The van der Waals surface area contributed by atoms with Gasteiger partial charge in [-0.2, -0.15) is 0 Å². The van der Waals surface area contributed by atoms with Crippen molar-refractivity contribution in [1.29, 1.82) is 0 Å². The first-order valence-electron chi connectivity index (χ1n) is 21.0. The lowest BCUT2D eigenvalue weighted by Crippen LogP contribution is -2.25. The molecule has 0 atom stereocenters. The van der Waals surface area contributed by atoms with Gasteiger partial charge in [-0.1, -0.05) is 190 Å². The van der Waals surface area contributed by atoms with Gasteiger partial charge in [0.05, 0.1) is 7.11 Å². The minimum atomic E-state index is -4.41. The Balaban J connectivity index is 0.00000155. The van der Waals surface area contributed by atoms with E-state index in [4.69, 9.17) is 0 Å². The SMILES string of the molecule is CCCCCCCCCCCCN(CCCCCCCCCCCC)c1ccc(/C=C/c2ccc(/C=C/c3cc[n+](C)cc3)cc2)cc1.COS(=O)(=O)[O-]. The normalized spacial score (nSPS) is 11.6. The molecule has 1 aromatic heterocycles. The molecule has 1 heterocycles. The lowest BCUT2D eigenvalue weighted by molar-refractivity contribution is -0.671. The molecule has 0 radical (unpaired) electrons. The molecule has 6 nitrogen and oxygen atoms in total. The number of rotatable bonds is 28. The molecule has 300 valence electrons. The van der Waals surface area contributed by atoms with Crippen LogP contribution < -0.4 is 9.47 Å². The second-order valence-electron chi connectivity index (χ2n) is 14.6. The summed E-state index contributed by atoms with van der Waals surface area (Å²) in [5.74, 6) is 0. The average Bonchev–Trinajstić information content (AvgIpc) is 3.18. The topological polar surface area (TPSA) is 73.5 Å². The average molecular weight is 761 g/mol. The second-order valence-corrected chi connectivity index (χ2v) is 15.8. The predicted octanol–water partition coefficient (Wildman–Crippen LogP) is 12.6. The Labute approximate surface area is 330 Å². The fourth-order valence-electron chi connectivity index (χ4n) is 6.47. The Hall–Kier alpha value is -3.26. The number of hydrogen-bond acceptors (Lipinski definition) is 5. The number of benzene rings is 2. The summed E-state index contributed by atoms with van der Waals surface area (Å²) < 4.78 is 33.1. The van der Waals surface area contributed by atoms with Crippen LogP contribution in [-0.4, -0.2) is 33.2 Å². The minimum absolute atomic E-state index is 0.808. The Morgan fingerprint density at radius 2 is 0.796 bits per heavy atom. The molecule has 0 aliphatic heterocycles. The Bertz CT molecular complexity index is 1480. The van der Waals surface area contributed by atoms with Gasteiger partial charge in [0.25, 0.3) is 0 Å². The highest BCUT2D eigenvalue weighted by atomic mass is 32.3. The van der Waals surface area contributed by atoms with E-state index in [1.165, 1.54) is 169 Å². The third kappa shape index (κ3) is 24.2. The third-order valence-corrected chi connectivity index (χ3v) is 10.3. The van der Waals surface area contributed by atoms with Gasteiger partial charge in [0.15, 0.2) is 12.4 Å². The first-order valence-corrected chi connectivity index (χ1v) is 22.4. The van der Waals surface area contributed by atoms with Crippen molar-refractivity contribution in [2.45, 2.75) is 142 Å². The quantitative estimate of drug-likeness (QED) is 0.0242. The highest BCUT2D eigenvalue weighted by Crippen LogP contribution is 2.21. The lowest BCUT2D eigenvalue weighted by Gasteiger charge is -2.25. The number of pyridine rings is 1. The van der Waals surface area contributed by atoms with Gasteiger partial charge in [-0.25, -0.2) is 13.0 Å². The van der Waals surface area contributed by atoms with Crippen LogP contribution in [0.4, 0.5) is 5.69 Å². The molecule has 0 aliphatic rings. The van der Waals surface area contributed by atoms with E-state index in [1.54, 1.807) is 0 Å². The van der Waals surface area contributed by atoms with E-state index in [1.807, 2.05) is 7.05 Å². The van der Waals surface area contributed by atoms with Gasteiger partial charge in [0.1, 0.15) is 7.05 Å². The summed E-state index contributed by atoms with van der Waals surface area (Å²) in [5, 5.41) is 0. The van der Waals surface area contributed by atoms with Crippen LogP contribution in [0.2, 0.25) is 0 Å². The predicted molar refractivity (Wildman–Crippen MR) is 231 cm³/mol. The molecular formula is C47H72N2O4S. The van der Waals surface area contributed by atoms with E-state index in [-0.39, 0.29) is 0 Å². The summed E-state index contributed by atoms with van der Waals surface area (Å²) in [6.07, 6.45) is 40.9. The number of anilines is 1. The molecule has 0 bridgehead atoms. The molecule has 0 spiro atoms. The summed E-state index contributed by atoms with van der Waals surface area (Å²) in [7, 11) is -1.56. The van der Waals surface area contributed by atoms with Gasteiger partial charge < -0.3 is 9.45 Å². The molecule has 0 aliphatic carbocycles. The summed E-state index contributed by atoms with van der Waals surface area (Å²) in [6.45, 7) is 6.98. The first-order chi connectivity index (χ1) is 26.2. The zero-order valence-corrected chi connectivity index (χ0v) is 35.0.